The van der Waals surface area contributed by atoms with Crippen LogP contribution in [0.5, 0.6) is 17.2 Å². The lowest BCUT2D eigenvalue weighted by Gasteiger charge is -2.23. The number of ether oxygens (including phenoxy) is 3. The zero-order valence-electron chi connectivity index (χ0n) is 16.2. The van der Waals surface area contributed by atoms with Crippen molar-refractivity contribution in [1.29, 1.82) is 5.26 Å². The predicted octanol–water partition coefficient (Wildman–Crippen LogP) is 3.54. The van der Waals surface area contributed by atoms with Crippen LogP contribution in [-0.4, -0.2) is 37.2 Å². The minimum Gasteiger partial charge on any atom is -0.497 e. The van der Waals surface area contributed by atoms with Gasteiger partial charge in [-0.25, -0.2) is 0 Å². The zero-order valence-corrected chi connectivity index (χ0v) is 16.2. The Bertz CT molecular complexity index is 854. The summed E-state index contributed by atoms with van der Waals surface area (Å²) in [6, 6.07) is 15.0. The van der Waals surface area contributed by atoms with Crippen LogP contribution in [0.4, 0.5) is 0 Å². The van der Waals surface area contributed by atoms with Crippen molar-refractivity contribution in [2.75, 3.05) is 20.3 Å². The second-order valence-corrected chi connectivity index (χ2v) is 6.60. The van der Waals surface area contributed by atoms with Crippen molar-refractivity contribution in [1.82, 2.24) is 4.90 Å². The van der Waals surface area contributed by atoms with Gasteiger partial charge in [-0.05, 0) is 49.6 Å². The number of rotatable bonds is 9. The zero-order chi connectivity index (χ0) is 19.9. The molecule has 0 spiro atoms. The summed E-state index contributed by atoms with van der Waals surface area (Å²) in [4.78, 5) is 14.7. The Morgan fingerprint density at radius 1 is 1.14 bits per heavy atom. The van der Waals surface area contributed by atoms with Gasteiger partial charge in [0.1, 0.15) is 5.75 Å². The molecule has 146 valence electrons. The number of hydrogen-bond donors (Lipinski definition) is 0. The fourth-order valence-electron chi connectivity index (χ4n) is 2.92. The van der Waals surface area contributed by atoms with Crippen molar-refractivity contribution >= 4 is 5.91 Å². The Balaban J connectivity index is 1.65. The van der Waals surface area contributed by atoms with E-state index in [2.05, 4.69) is 6.07 Å². The van der Waals surface area contributed by atoms with Gasteiger partial charge in [-0.3, -0.25) is 4.79 Å². The number of hydrogen-bond acceptors (Lipinski definition) is 5. The van der Waals surface area contributed by atoms with Gasteiger partial charge in [0.25, 0.3) is 5.91 Å². The first-order valence-corrected chi connectivity index (χ1v) is 9.36. The molecule has 0 aromatic heterocycles. The van der Waals surface area contributed by atoms with Crippen molar-refractivity contribution in [3.05, 3.63) is 53.6 Å². The van der Waals surface area contributed by atoms with E-state index in [0.29, 0.717) is 30.2 Å². The lowest BCUT2D eigenvalue weighted by Crippen LogP contribution is -2.36. The van der Waals surface area contributed by atoms with Gasteiger partial charge in [-0.2, -0.15) is 5.26 Å². The van der Waals surface area contributed by atoms with Gasteiger partial charge in [-0.15, -0.1) is 0 Å². The number of carbonyl (C=O) groups excluding carboxylic acids is 1. The number of amides is 1. The standard InChI is InChI=1S/C22H24N2O4/c1-3-27-21-12-17(13-23)6-11-20(21)28-15-22(25)24(18-7-8-18)14-16-4-9-19(26-2)10-5-16/h4-6,9-12,18H,3,7-8,14-15H2,1-2H3. The molecule has 2 aromatic carbocycles. The summed E-state index contributed by atoms with van der Waals surface area (Å²) in [6.45, 7) is 2.78. The molecule has 0 N–H and O–H groups in total. The third-order valence-corrected chi connectivity index (χ3v) is 4.54. The molecular formula is C22H24N2O4. The molecule has 1 amide bonds. The van der Waals surface area contributed by atoms with Gasteiger partial charge >= 0.3 is 0 Å². The molecule has 0 unspecified atom stereocenters. The van der Waals surface area contributed by atoms with Crippen LogP contribution in [0.2, 0.25) is 0 Å². The average Bonchev–Trinajstić information content (AvgIpc) is 3.56. The fraction of sp³-hybridized carbons (Fsp3) is 0.364. The molecule has 0 atom stereocenters. The normalized spacial score (nSPS) is 12.8. The molecule has 1 fully saturated rings. The lowest BCUT2D eigenvalue weighted by atomic mass is 10.2. The Hall–Kier alpha value is -3.20. The highest BCUT2D eigenvalue weighted by molar-refractivity contribution is 5.78. The number of nitrogens with zero attached hydrogens (tertiary/aromatic N) is 2. The minimum atomic E-state index is -0.0708. The highest BCUT2D eigenvalue weighted by atomic mass is 16.5. The van der Waals surface area contributed by atoms with Crippen LogP contribution >= 0.6 is 0 Å². The van der Waals surface area contributed by atoms with Crippen molar-refractivity contribution in [3.8, 4) is 23.3 Å². The first-order valence-electron chi connectivity index (χ1n) is 9.36. The summed E-state index contributed by atoms with van der Waals surface area (Å²) in [5.41, 5.74) is 1.54. The number of nitriles is 1. The maximum atomic E-state index is 12.8. The molecule has 6 heteroatoms. The summed E-state index contributed by atoms with van der Waals surface area (Å²) in [7, 11) is 1.63. The third kappa shape index (κ3) is 4.95. The maximum Gasteiger partial charge on any atom is 0.261 e. The van der Waals surface area contributed by atoms with Gasteiger partial charge in [0.05, 0.1) is 25.3 Å². The predicted molar refractivity (Wildman–Crippen MR) is 104 cm³/mol. The summed E-state index contributed by atoms with van der Waals surface area (Å²) >= 11 is 0. The molecule has 1 saturated carbocycles. The largest absolute Gasteiger partial charge is 0.497 e. The van der Waals surface area contributed by atoms with E-state index < -0.39 is 0 Å². The number of benzene rings is 2. The van der Waals surface area contributed by atoms with Crippen LogP contribution in [0.15, 0.2) is 42.5 Å². The van der Waals surface area contributed by atoms with E-state index >= 15 is 0 Å². The highest BCUT2D eigenvalue weighted by Gasteiger charge is 2.32. The monoisotopic (exact) mass is 380 g/mol. The van der Waals surface area contributed by atoms with Crippen molar-refractivity contribution in [2.24, 2.45) is 0 Å². The second-order valence-electron chi connectivity index (χ2n) is 6.60. The molecule has 0 heterocycles. The van der Waals surface area contributed by atoms with Gasteiger partial charge in [0, 0.05) is 18.7 Å². The SMILES string of the molecule is CCOc1cc(C#N)ccc1OCC(=O)N(Cc1ccc(OC)cc1)C1CC1. The molecular weight excluding hydrogens is 356 g/mol. The minimum absolute atomic E-state index is 0.0647. The third-order valence-electron chi connectivity index (χ3n) is 4.54. The summed E-state index contributed by atoms with van der Waals surface area (Å²) < 4.78 is 16.5. The topological polar surface area (TPSA) is 71.8 Å². The number of carbonyl (C=O) groups is 1. The Labute approximate surface area is 165 Å². The van der Waals surface area contributed by atoms with Crippen LogP contribution in [0.3, 0.4) is 0 Å². The highest BCUT2D eigenvalue weighted by Crippen LogP contribution is 2.31. The van der Waals surface area contributed by atoms with Crippen LogP contribution in [-0.2, 0) is 11.3 Å². The average molecular weight is 380 g/mol. The van der Waals surface area contributed by atoms with E-state index in [0.717, 1.165) is 24.2 Å². The van der Waals surface area contributed by atoms with Crippen LogP contribution in [0, 0.1) is 11.3 Å². The first-order chi connectivity index (χ1) is 13.6. The Kier molecular flexibility index (Phi) is 6.38. The van der Waals surface area contributed by atoms with E-state index in [-0.39, 0.29) is 18.6 Å². The van der Waals surface area contributed by atoms with Crippen molar-refractivity contribution in [2.45, 2.75) is 32.4 Å². The van der Waals surface area contributed by atoms with Gasteiger partial charge < -0.3 is 19.1 Å². The maximum absolute atomic E-state index is 12.8. The molecule has 3 rings (SSSR count). The molecule has 0 radical (unpaired) electrons. The van der Waals surface area contributed by atoms with Crippen LogP contribution < -0.4 is 14.2 Å². The first kappa shape index (κ1) is 19.6. The quantitative estimate of drug-likeness (QED) is 0.665. The van der Waals surface area contributed by atoms with Gasteiger partial charge in [-0.1, -0.05) is 12.1 Å². The Morgan fingerprint density at radius 3 is 2.50 bits per heavy atom. The molecule has 0 aliphatic heterocycles. The summed E-state index contributed by atoms with van der Waals surface area (Å²) in [5.74, 6) is 1.67. The van der Waals surface area contributed by atoms with Crippen molar-refractivity contribution < 1.29 is 19.0 Å². The van der Waals surface area contributed by atoms with Crippen LogP contribution in [0.25, 0.3) is 0 Å². The molecule has 2 aromatic rings. The van der Waals surface area contributed by atoms with E-state index in [1.807, 2.05) is 36.1 Å². The van der Waals surface area contributed by atoms with Gasteiger partial charge in [0.2, 0.25) is 0 Å². The summed E-state index contributed by atoms with van der Waals surface area (Å²) in [6.07, 6.45) is 2.03. The van der Waals surface area contributed by atoms with E-state index in [1.54, 1.807) is 25.3 Å². The molecule has 6 nitrogen and oxygen atoms in total. The molecule has 28 heavy (non-hydrogen) atoms. The van der Waals surface area contributed by atoms with Gasteiger partial charge in [0.15, 0.2) is 18.1 Å². The fourth-order valence-corrected chi connectivity index (χ4v) is 2.92. The Morgan fingerprint density at radius 2 is 1.89 bits per heavy atom. The smallest absolute Gasteiger partial charge is 0.261 e. The summed E-state index contributed by atoms with van der Waals surface area (Å²) in [5, 5.41) is 9.04. The van der Waals surface area contributed by atoms with E-state index in [4.69, 9.17) is 19.5 Å². The second kappa shape index (κ2) is 9.14. The number of methoxy groups -OCH3 is 1. The molecule has 0 saturated heterocycles. The van der Waals surface area contributed by atoms with Crippen LogP contribution in [0.1, 0.15) is 30.9 Å². The van der Waals surface area contributed by atoms with E-state index in [1.165, 1.54) is 0 Å². The molecule has 1 aliphatic carbocycles. The molecule has 0 bridgehead atoms. The lowest BCUT2D eigenvalue weighted by molar-refractivity contribution is -0.134. The van der Waals surface area contributed by atoms with Crippen molar-refractivity contribution in [3.63, 3.8) is 0 Å². The molecule has 1 aliphatic rings. The van der Waals surface area contributed by atoms with E-state index in [9.17, 15) is 4.79 Å².